The van der Waals surface area contributed by atoms with Gasteiger partial charge in [0.05, 0.1) is 20.8 Å². The van der Waals surface area contributed by atoms with Gasteiger partial charge in [0, 0.05) is 32.7 Å². The van der Waals surface area contributed by atoms with Gasteiger partial charge in [-0.1, -0.05) is 53.0 Å². The van der Waals surface area contributed by atoms with Crippen LogP contribution in [0.2, 0.25) is 15.1 Å². The predicted molar refractivity (Wildman–Crippen MR) is 95.4 cm³/mol. The maximum absolute atomic E-state index is 6.27. The summed E-state index contributed by atoms with van der Waals surface area (Å²) in [6, 6.07) is 13.9. The number of rotatable bonds is 3. The minimum Gasteiger partial charge on any atom is -0.368 e. The first-order chi connectivity index (χ1) is 10.6. The monoisotopic (exact) mass is 354 g/mol. The Morgan fingerprint density at radius 2 is 1.50 bits per heavy atom. The van der Waals surface area contributed by atoms with Crippen molar-refractivity contribution < 1.29 is 0 Å². The van der Waals surface area contributed by atoms with E-state index in [0.29, 0.717) is 10.0 Å². The third kappa shape index (κ3) is 3.69. The van der Waals surface area contributed by atoms with Crippen LogP contribution in [0, 0.1) is 0 Å². The van der Waals surface area contributed by atoms with Crippen LogP contribution < -0.4 is 4.90 Å². The van der Waals surface area contributed by atoms with Gasteiger partial charge in [-0.05, 0) is 29.8 Å². The molecule has 1 heterocycles. The molecule has 2 aromatic rings. The zero-order valence-corrected chi connectivity index (χ0v) is 14.4. The molecule has 0 unspecified atom stereocenters. The Morgan fingerprint density at radius 1 is 0.773 bits per heavy atom. The minimum atomic E-state index is 0.606. The Balaban J connectivity index is 1.60. The molecule has 0 bridgehead atoms. The number of para-hydroxylation sites is 1. The van der Waals surface area contributed by atoms with E-state index in [-0.39, 0.29) is 0 Å². The normalized spacial score (nSPS) is 16.0. The molecule has 1 aliphatic heterocycles. The van der Waals surface area contributed by atoms with Gasteiger partial charge in [0.15, 0.2) is 0 Å². The summed E-state index contributed by atoms with van der Waals surface area (Å²) in [5.41, 5.74) is 2.32. The molecule has 0 atom stereocenters. The van der Waals surface area contributed by atoms with Crippen LogP contribution in [0.15, 0.2) is 42.5 Å². The number of benzene rings is 2. The van der Waals surface area contributed by atoms with E-state index in [1.165, 1.54) is 5.56 Å². The van der Waals surface area contributed by atoms with Crippen molar-refractivity contribution in [2.24, 2.45) is 0 Å². The van der Waals surface area contributed by atoms with Crippen molar-refractivity contribution >= 4 is 40.5 Å². The van der Waals surface area contributed by atoms with Crippen LogP contribution in [0.4, 0.5) is 5.69 Å². The van der Waals surface area contributed by atoms with Crippen LogP contribution in [-0.4, -0.2) is 31.1 Å². The second kappa shape index (κ2) is 7.10. The second-order valence-corrected chi connectivity index (χ2v) is 6.68. The first-order valence-electron chi connectivity index (χ1n) is 7.29. The van der Waals surface area contributed by atoms with Crippen LogP contribution in [0.5, 0.6) is 0 Å². The molecular formula is C17H17Cl3N2. The van der Waals surface area contributed by atoms with Crippen LogP contribution in [-0.2, 0) is 6.54 Å². The SMILES string of the molecule is Clc1ccc(CN2CCN(c3ccccc3Cl)CC2)cc1Cl. The van der Waals surface area contributed by atoms with Gasteiger partial charge in [-0.3, -0.25) is 4.90 Å². The number of hydrogen-bond donors (Lipinski definition) is 0. The van der Waals surface area contributed by atoms with E-state index >= 15 is 0 Å². The number of anilines is 1. The van der Waals surface area contributed by atoms with E-state index < -0.39 is 0 Å². The van der Waals surface area contributed by atoms with Crippen molar-refractivity contribution in [3.8, 4) is 0 Å². The molecule has 0 aromatic heterocycles. The minimum absolute atomic E-state index is 0.606. The summed E-state index contributed by atoms with van der Waals surface area (Å²) in [5, 5.41) is 2.04. The molecule has 2 aromatic carbocycles. The highest BCUT2D eigenvalue weighted by Crippen LogP contribution is 2.27. The van der Waals surface area contributed by atoms with Gasteiger partial charge >= 0.3 is 0 Å². The first-order valence-corrected chi connectivity index (χ1v) is 8.42. The van der Waals surface area contributed by atoms with E-state index in [2.05, 4.69) is 15.9 Å². The van der Waals surface area contributed by atoms with Crippen molar-refractivity contribution in [2.45, 2.75) is 6.54 Å². The van der Waals surface area contributed by atoms with Crippen LogP contribution in [0.3, 0.4) is 0 Å². The van der Waals surface area contributed by atoms with E-state index in [1.54, 1.807) is 0 Å². The van der Waals surface area contributed by atoms with Crippen molar-refractivity contribution in [3.63, 3.8) is 0 Å². The lowest BCUT2D eigenvalue weighted by Crippen LogP contribution is -2.46. The van der Waals surface area contributed by atoms with E-state index in [1.807, 2.05) is 36.4 Å². The fraction of sp³-hybridized carbons (Fsp3) is 0.294. The number of halogens is 3. The predicted octanol–water partition coefficient (Wildman–Crippen LogP) is 4.97. The van der Waals surface area contributed by atoms with Gasteiger partial charge in [-0.25, -0.2) is 0 Å². The number of nitrogens with zero attached hydrogens (tertiary/aromatic N) is 2. The Labute approximate surface area is 146 Å². The van der Waals surface area contributed by atoms with Crippen molar-refractivity contribution in [3.05, 3.63) is 63.1 Å². The standard InChI is InChI=1S/C17H17Cl3N2/c18-14-6-5-13(11-16(14)20)12-21-7-9-22(10-8-21)17-4-2-1-3-15(17)19/h1-6,11H,7-10,12H2. The lowest BCUT2D eigenvalue weighted by atomic mass is 10.2. The maximum atomic E-state index is 6.27. The summed E-state index contributed by atoms with van der Waals surface area (Å²) in [7, 11) is 0. The zero-order chi connectivity index (χ0) is 15.5. The third-order valence-electron chi connectivity index (χ3n) is 3.96. The Bertz CT molecular complexity index is 652. The highest BCUT2D eigenvalue weighted by atomic mass is 35.5. The molecule has 1 aliphatic rings. The summed E-state index contributed by atoms with van der Waals surface area (Å²) in [6.45, 7) is 4.86. The molecule has 116 valence electrons. The number of piperazine rings is 1. The van der Waals surface area contributed by atoms with Crippen molar-refractivity contribution in [2.75, 3.05) is 31.1 Å². The molecule has 3 rings (SSSR count). The fourth-order valence-corrected chi connectivity index (χ4v) is 3.33. The topological polar surface area (TPSA) is 6.48 Å². The van der Waals surface area contributed by atoms with Gasteiger partial charge in [-0.2, -0.15) is 0 Å². The van der Waals surface area contributed by atoms with E-state index in [4.69, 9.17) is 34.8 Å². The molecule has 0 spiro atoms. The molecule has 2 nitrogen and oxygen atoms in total. The second-order valence-electron chi connectivity index (χ2n) is 5.46. The van der Waals surface area contributed by atoms with Crippen LogP contribution in [0.25, 0.3) is 0 Å². The first kappa shape index (κ1) is 15.9. The molecule has 0 amide bonds. The molecule has 22 heavy (non-hydrogen) atoms. The summed E-state index contributed by atoms with van der Waals surface area (Å²) in [5.74, 6) is 0. The highest BCUT2D eigenvalue weighted by molar-refractivity contribution is 6.42. The summed E-state index contributed by atoms with van der Waals surface area (Å²) in [4.78, 5) is 4.76. The van der Waals surface area contributed by atoms with Crippen LogP contribution in [0.1, 0.15) is 5.56 Å². The molecule has 0 saturated carbocycles. The smallest absolute Gasteiger partial charge is 0.0639 e. The molecule has 5 heteroatoms. The molecule has 0 radical (unpaired) electrons. The molecule has 0 N–H and O–H groups in total. The maximum Gasteiger partial charge on any atom is 0.0639 e. The largest absolute Gasteiger partial charge is 0.368 e. The zero-order valence-electron chi connectivity index (χ0n) is 12.1. The Morgan fingerprint density at radius 3 is 2.18 bits per heavy atom. The van der Waals surface area contributed by atoms with E-state index in [9.17, 15) is 0 Å². The molecular weight excluding hydrogens is 339 g/mol. The lowest BCUT2D eigenvalue weighted by molar-refractivity contribution is 0.250. The molecule has 1 fully saturated rings. The average molecular weight is 356 g/mol. The summed E-state index contributed by atoms with van der Waals surface area (Å²) < 4.78 is 0. The third-order valence-corrected chi connectivity index (χ3v) is 5.01. The van der Waals surface area contributed by atoms with Crippen molar-refractivity contribution in [1.29, 1.82) is 0 Å². The average Bonchev–Trinajstić information content (AvgIpc) is 2.52. The fourth-order valence-electron chi connectivity index (χ4n) is 2.75. The molecule has 0 aliphatic carbocycles. The quantitative estimate of drug-likeness (QED) is 0.767. The van der Waals surface area contributed by atoms with Gasteiger partial charge in [0.25, 0.3) is 0 Å². The Kier molecular flexibility index (Phi) is 5.14. The summed E-state index contributed by atoms with van der Waals surface area (Å²) in [6.07, 6.45) is 0. The summed E-state index contributed by atoms with van der Waals surface area (Å²) >= 11 is 18.3. The highest BCUT2D eigenvalue weighted by Gasteiger charge is 2.18. The Hall–Kier alpha value is -0.930. The van der Waals surface area contributed by atoms with Gasteiger partial charge < -0.3 is 4.90 Å². The number of hydrogen-bond acceptors (Lipinski definition) is 2. The van der Waals surface area contributed by atoms with Gasteiger partial charge in [0.1, 0.15) is 0 Å². The van der Waals surface area contributed by atoms with Crippen LogP contribution >= 0.6 is 34.8 Å². The molecule has 1 saturated heterocycles. The van der Waals surface area contributed by atoms with E-state index in [0.717, 1.165) is 43.4 Å². The van der Waals surface area contributed by atoms with Crippen molar-refractivity contribution in [1.82, 2.24) is 4.90 Å². The lowest BCUT2D eigenvalue weighted by Gasteiger charge is -2.36. The van der Waals surface area contributed by atoms with Gasteiger partial charge in [0.2, 0.25) is 0 Å². The van der Waals surface area contributed by atoms with Gasteiger partial charge in [-0.15, -0.1) is 0 Å².